The highest BCUT2D eigenvalue weighted by molar-refractivity contribution is 7.52. The van der Waals surface area contributed by atoms with Crippen LogP contribution in [0, 0.1) is 13.8 Å². The number of nitrogens with two attached hydrogens (primary N) is 1. The van der Waals surface area contributed by atoms with Crippen LogP contribution in [0.15, 0.2) is 17.7 Å². The summed E-state index contributed by atoms with van der Waals surface area (Å²) in [5, 5.41) is 2.93. The summed E-state index contributed by atoms with van der Waals surface area (Å²) in [6.45, 7) is 23.5. The summed E-state index contributed by atoms with van der Waals surface area (Å²) in [6.07, 6.45) is 4.41. The van der Waals surface area contributed by atoms with E-state index in [4.69, 9.17) is 5.73 Å². The molecule has 0 aromatic heterocycles. The summed E-state index contributed by atoms with van der Waals surface area (Å²) < 4.78 is 0. The van der Waals surface area contributed by atoms with E-state index in [1.54, 1.807) is 5.19 Å². The Morgan fingerprint density at radius 3 is 2.12 bits per heavy atom. The van der Waals surface area contributed by atoms with Crippen LogP contribution < -0.4 is 16.1 Å². The van der Waals surface area contributed by atoms with Gasteiger partial charge in [0.15, 0.2) is 0 Å². The molecular formula is C28H39NOSi2. The number of allylic oxidation sites excluding steroid dienone is 1. The third-order valence-corrected chi connectivity index (χ3v) is 26.6. The Bertz CT molecular complexity index is 1210. The van der Waals surface area contributed by atoms with E-state index >= 15 is 0 Å². The highest BCUT2D eigenvalue weighted by atomic mass is 29.3. The van der Waals surface area contributed by atoms with Crippen LogP contribution >= 0.6 is 0 Å². The summed E-state index contributed by atoms with van der Waals surface area (Å²) >= 11 is 0. The largest absolute Gasteiger partial charge is 0.366 e. The Morgan fingerprint density at radius 2 is 1.59 bits per heavy atom. The van der Waals surface area contributed by atoms with Crippen molar-refractivity contribution in [2.75, 3.05) is 0 Å². The van der Waals surface area contributed by atoms with Gasteiger partial charge in [-0.25, -0.2) is 0 Å². The fraction of sp³-hybridized carbons (Fsp3) is 0.464. The van der Waals surface area contributed by atoms with E-state index in [-0.39, 0.29) is 11.3 Å². The first-order valence-electron chi connectivity index (χ1n) is 12.0. The predicted molar refractivity (Wildman–Crippen MR) is 145 cm³/mol. The van der Waals surface area contributed by atoms with Crippen molar-refractivity contribution in [2.24, 2.45) is 5.73 Å². The van der Waals surface area contributed by atoms with E-state index < -0.39 is 15.2 Å². The molecule has 2 aromatic carbocycles. The maximum atomic E-state index is 13.2. The van der Waals surface area contributed by atoms with E-state index in [2.05, 4.69) is 85.9 Å². The van der Waals surface area contributed by atoms with Crippen LogP contribution in [0.2, 0.25) is 26.2 Å². The molecule has 0 radical (unpaired) electrons. The third kappa shape index (κ3) is 2.98. The molecule has 4 heteroatoms. The van der Waals surface area contributed by atoms with Gasteiger partial charge in [-0.15, -0.1) is 0 Å². The van der Waals surface area contributed by atoms with Gasteiger partial charge < -0.3 is 5.73 Å². The quantitative estimate of drug-likeness (QED) is 0.591. The zero-order valence-electron chi connectivity index (χ0n) is 21.6. The molecule has 2 N–H and O–H groups in total. The number of rotatable bonds is 3. The molecule has 4 rings (SSSR count). The summed E-state index contributed by atoms with van der Waals surface area (Å²) in [5.74, 6) is -0.253. The van der Waals surface area contributed by atoms with Gasteiger partial charge in [0.05, 0.1) is 15.2 Å². The van der Waals surface area contributed by atoms with Crippen LogP contribution in [0.25, 0.3) is 17.2 Å². The number of hydrogen-bond donors (Lipinski definition) is 1. The molecule has 2 bridgehead atoms. The van der Waals surface area contributed by atoms with Crippen molar-refractivity contribution in [1.29, 1.82) is 0 Å². The molecule has 1 amide bonds. The number of amides is 1. The first-order chi connectivity index (χ1) is 14.6. The molecule has 1 heterocycles. The number of fused-ring (bicyclic) bond motifs is 3. The molecule has 2 aromatic rings. The Morgan fingerprint density at radius 1 is 1.00 bits per heavy atom. The van der Waals surface area contributed by atoms with Gasteiger partial charge in [-0.3, -0.25) is 4.79 Å². The fourth-order valence-corrected chi connectivity index (χ4v) is 17.6. The lowest BCUT2D eigenvalue weighted by Gasteiger charge is -2.33. The number of benzene rings is 2. The minimum absolute atomic E-state index is 0.0337. The molecule has 0 atom stereocenters. The van der Waals surface area contributed by atoms with Crippen molar-refractivity contribution in [2.45, 2.75) is 86.0 Å². The molecule has 0 saturated heterocycles. The Labute approximate surface area is 196 Å². The van der Waals surface area contributed by atoms with Crippen molar-refractivity contribution < 1.29 is 4.79 Å². The first kappa shape index (κ1) is 23.2. The lowest BCUT2D eigenvalue weighted by molar-refractivity contribution is 0.100. The zero-order chi connectivity index (χ0) is 24.0. The van der Waals surface area contributed by atoms with E-state index in [9.17, 15) is 4.79 Å². The van der Waals surface area contributed by atoms with Gasteiger partial charge in [-0.1, -0.05) is 88.4 Å². The van der Waals surface area contributed by atoms with E-state index in [0.717, 1.165) is 24.0 Å². The van der Waals surface area contributed by atoms with Crippen molar-refractivity contribution in [3.05, 3.63) is 51.1 Å². The zero-order valence-corrected chi connectivity index (χ0v) is 23.6. The average Bonchev–Trinajstić information content (AvgIpc) is 3.12. The summed E-state index contributed by atoms with van der Waals surface area (Å²) in [7, 11) is -3.51. The minimum Gasteiger partial charge on any atom is -0.366 e. The van der Waals surface area contributed by atoms with Crippen LogP contribution in [0.1, 0.15) is 72.3 Å². The van der Waals surface area contributed by atoms with E-state index in [0.29, 0.717) is 0 Å². The molecule has 2 nitrogen and oxygen atoms in total. The van der Waals surface area contributed by atoms with Gasteiger partial charge in [0, 0.05) is 5.56 Å². The second-order valence-corrected chi connectivity index (χ2v) is 27.0. The van der Waals surface area contributed by atoms with E-state index in [1.165, 1.54) is 44.1 Å². The Kier molecular flexibility index (Phi) is 5.11. The Balaban J connectivity index is 2.17. The minimum atomic E-state index is -1.81. The van der Waals surface area contributed by atoms with E-state index in [1.807, 2.05) is 0 Å². The molecular weight excluding hydrogens is 422 g/mol. The van der Waals surface area contributed by atoms with Crippen LogP contribution in [-0.4, -0.2) is 21.1 Å². The standard InChI is InChI=1S/C28H39NOSi2/c1-11-18-12-19-14-20(28(4,5)6)15-22(21(19)13-18)23-16(2)25-17(3)26(24(23)27(29)30)32(9,10)31(25,7)8/h12,14-15H,11,13H2,1-10H3,(H2,29,30). The molecule has 0 unspecified atom stereocenters. The lowest BCUT2D eigenvalue weighted by Crippen LogP contribution is -2.64. The molecule has 2 aliphatic rings. The van der Waals surface area contributed by atoms with Gasteiger partial charge in [-0.05, 0) is 70.7 Å². The highest BCUT2D eigenvalue weighted by Gasteiger charge is 2.54. The maximum absolute atomic E-state index is 13.2. The fourth-order valence-electron chi connectivity index (χ4n) is 6.36. The monoisotopic (exact) mass is 461 g/mol. The third-order valence-electron chi connectivity index (χ3n) is 8.70. The average molecular weight is 462 g/mol. The van der Waals surface area contributed by atoms with Gasteiger partial charge in [0.1, 0.15) is 0 Å². The molecule has 170 valence electrons. The van der Waals surface area contributed by atoms with Crippen molar-refractivity contribution in [3.8, 4) is 11.1 Å². The molecule has 0 saturated carbocycles. The summed E-state index contributed by atoms with van der Waals surface area (Å²) in [4.78, 5) is 13.2. The van der Waals surface area contributed by atoms with Crippen molar-refractivity contribution in [3.63, 3.8) is 0 Å². The number of carbonyl (C=O) groups is 1. The first-order valence-corrected chi connectivity index (χ1v) is 19.0. The van der Waals surface area contributed by atoms with Gasteiger partial charge in [0.2, 0.25) is 5.91 Å². The number of primary amides is 1. The SMILES string of the molecule is CCC1=Cc2cc(C(C)(C)C)cc(-c3c(C)c4c(C)c(c3C(N)=O)[Si](C)(C)[Si]4(C)C)c2C1. The molecule has 0 fully saturated rings. The van der Waals surface area contributed by atoms with Gasteiger partial charge in [-0.2, -0.15) is 0 Å². The molecule has 0 spiro atoms. The second kappa shape index (κ2) is 7.04. The molecule has 32 heavy (non-hydrogen) atoms. The van der Waals surface area contributed by atoms with Crippen LogP contribution in [0.5, 0.6) is 0 Å². The van der Waals surface area contributed by atoms with Gasteiger partial charge in [0.25, 0.3) is 0 Å². The molecule has 1 aliphatic carbocycles. The maximum Gasteiger partial charge on any atom is 0.249 e. The normalized spacial score (nSPS) is 18.0. The van der Waals surface area contributed by atoms with Crippen molar-refractivity contribution >= 4 is 37.5 Å². The summed E-state index contributed by atoms with van der Waals surface area (Å²) in [6, 6.07) is 4.74. The topological polar surface area (TPSA) is 43.1 Å². The van der Waals surface area contributed by atoms with Crippen LogP contribution in [0.3, 0.4) is 0 Å². The van der Waals surface area contributed by atoms with Crippen molar-refractivity contribution in [1.82, 2.24) is 0 Å². The smallest absolute Gasteiger partial charge is 0.249 e. The predicted octanol–water partition coefficient (Wildman–Crippen LogP) is 5.64. The number of carbonyl (C=O) groups excluding carboxylic acids is 1. The highest BCUT2D eigenvalue weighted by Crippen LogP contribution is 2.43. The lowest BCUT2D eigenvalue weighted by atomic mass is 9.80. The summed E-state index contributed by atoms with van der Waals surface area (Å²) in [5.41, 5.74) is 17.6. The molecule has 1 aliphatic heterocycles. The Hall–Kier alpha value is -1.92. The van der Waals surface area contributed by atoms with Crippen LogP contribution in [-0.2, 0) is 11.8 Å². The van der Waals surface area contributed by atoms with Crippen LogP contribution in [0.4, 0.5) is 0 Å². The second-order valence-electron chi connectivity index (χ2n) is 12.0. The number of hydrogen-bond acceptors (Lipinski definition) is 1. The van der Waals surface area contributed by atoms with Gasteiger partial charge >= 0.3 is 0 Å².